The molecule has 0 fully saturated rings. The Morgan fingerprint density at radius 1 is 0.727 bits per heavy atom. The molecular weight excluding hydrogens is 1020 g/mol. The molecule has 2 heterocycles. The molecule has 6 heteroatoms. The fourth-order valence-corrected chi connectivity index (χ4v) is 11.9. The molecule has 0 aliphatic carbocycles. The van der Waals surface area contributed by atoms with Crippen molar-refractivity contribution >= 4 is 77.3 Å². The molecule has 0 unspecified atom stereocenters. The summed E-state index contributed by atoms with van der Waals surface area (Å²) in [6.07, 6.45) is -1.64. The van der Waals surface area contributed by atoms with Gasteiger partial charge in [0.2, 0.25) is 0 Å². The van der Waals surface area contributed by atoms with Crippen LogP contribution in [0.4, 0.5) is 4.39 Å². The second-order valence-corrected chi connectivity index (χ2v) is 25.8. The van der Waals surface area contributed by atoms with Crippen molar-refractivity contribution in [2.24, 2.45) is 5.41 Å². The van der Waals surface area contributed by atoms with Gasteiger partial charge in [0.05, 0.1) is 16.9 Å². The number of hydrogen-bond acceptors (Lipinski definition) is 2. The molecule has 2 nitrogen and oxygen atoms in total. The van der Waals surface area contributed by atoms with E-state index in [1.54, 1.807) is 12.1 Å². The zero-order valence-corrected chi connectivity index (χ0v) is 43.5. The summed E-state index contributed by atoms with van der Waals surface area (Å²) in [6, 6.07) is 52.6. The van der Waals surface area contributed by atoms with Crippen molar-refractivity contribution in [3.63, 3.8) is 0 Å². The predicted molar refractivity (Wildman–Crippen MR) is 282 cm³/mol. The van der Waals surface area contributed by atoms with Crippen LogP contribution in [0.5, 0.6) is 0 Å². The molecule has 0 radical (unpaired) electrons. The average molecular weight is 1080 g/mol. The molecule has 10 aromatic rings. The zero-order valence-electron chi connectivity index (χ0n) is 44.3. The van der Waals surface area contributed by atoms with Crippen molar-refractivity contribution in [1.82, 2.24) is 9.55 Å². The van der Waals surface area contributed by atoms with Gasteiger partial charge in [0.1, 0.15) is 0 Å². The van der Waals surface area contributed by atoms with Crippen molar-refractivity contribution in [3.8, 4) is 28.2 Å². The Kier molecular flexibility index (Phi) is 11.5. The molecule has 0 aliphatic rings. The van der Waals surface area contributed by atoms with Crippen LogP contribution < -0.4 is 5.19 Å². The van der Waals surface area contributed by atoms with Crippen LogP contribution >= 0.6 is 11.3 Å². The molecule has 0 saturated heterocycles. The van der Waals surface area contributed by atoms with Crippen molar-refractivity contribution in [2.75, 3.05) is 0 Å². The van der Waals surface area contributed by atoms with Crippen molar-refractivity contribution in [3.05, 3.63) is 174 Å². The normalized spacial score (nSPS) is 13.7. The number of rotatable bonds is 7. The van der Waals surface area contributed by atoms with Crippen LogP contribution in [0.25, 0.3) is 81.0 Å². The quantitative estimate of drug-likeness (QED) is 0.0883. The van der Waals surface area contributed by atoms with Gasteiger partial charge >= 0.3 is 20.1 Å². The fourth-order valence-electron chi connectivity index (χ4n) is 9.08. The van der Waals surface area contributed by atoms with Gasteiger partial charge in [-0.25, -0.2) is 5.56 Å². The molecule has 2 aromatic heterocycles. The van der Waals surface area contributed by atoms with E-state index in [0.29, 0.717) is 23.0 Å². The van der Waals surface area contributed by atoms with Gasteiger partial charge in [0.15, 0.2) is 0 Å². The molecule has 66 heavy (non-hydrogen) atoms. The number of nitrogens with zero attached hydrogens (tertiary/aromatic N) is 2. The monoisotopic (exact) mass is 1080 g/mol. The van der Waals surface area contributed by atoms with E-state index in [9.17, 15) is 4.39 Å². The van der Waals surface area contributed by atoms with Crippen LogP contribution in [-0.4, -0.2) is 17.6 Å². The molecule has 0 amide bonds. The third-order valence-electron chi connectivity index (χ3n) is 12.1. The first kappa shape index (κ1) is 41.0. The van der Waals surface area contributed by atoms with Crippen molar-refractivity contribution < 1.29 is 31.3 Å². The Hall–Kier alpha value is -5.23. The van der Waals surface area contributed by atoms with Gasteiger partial charge in [0.25, 0.3) is 0 Å². The van der Waals surface area contributed by atoms with Crippen LogP contribution in [0.15, 0.2) is 127 Å². The van der Waals surface area contributed by atoms with E-state index in [2.05, 4.69) is 173 Å². The smallest absolute Gasteiger partial charge is 0.333 e. The maximum absolute atomic E-state index is 14.7. The summed E-state index contributed by atoms with van der Waals surface area (Å²) in [4.78, 5) is 5.32. The molecule has 0 atom stereocenters. The Bertz CT molecular complexity index is 3610. The second kappa shape index (κ2) is 18.5. The second-order valence-electron chi connectivity index (χ2n) is 19.8. The SMILES string of the molecule is CC(C)c1cccc(C(C)C)c1-n1c(-c2[c-]ccc3c2sc2c3ccc3c4ccccc4ccc32)nc2ccccc21.[2H]C([2H])([2H])c1c[c-]c(-c2[c-]cc([Si](C)(C)C)c(C([2H])([2H])C(C)(C)C)c2)c(F)c1.[Ir+3]. The summed E-state index contributed by atoms with van der Waals surface area (Å²) in [5.41, 5.74) is 7.38. The molecule has 0 bridgehead atoms. The minimum absolute atomic E-state index is 0. The molecule has 334 valence electrons. The van der Waals surface area contributed by atoms with Crippen LogP contribution in [0.1, 0.15) is 89.4 Å². The van der Waals surface area contributed by atoms with Crippen LogP contribution in [0, 0.1) is 36.3 Å². The number of thiophene rings is 1. The Morgan fingerprint density at radius 3 is 2.09 bits per heavy atom. The summed E-state index contributed by atoms with van der Waals surface area (Å²) in [5.74, 6) is 1.00. The van der Waals surface area contributed by atoms with Crippen molar-refractivity contribution in [1.29, 1.82) is 0 Å². The maximum atomic E-state index is 14.7. The molecule has 0 saturated carbocycles. The molecule has 0 N–H and O–H groups in total. The van der Waals surface area contributed by atoms with E-state index >= 15 is 0 Å². The Morgan fingerprint density at radius 2 is 1.39 bits per heavy atom. The number of hydrogen-bond donors (Lipinski definition) is 0. The third-order valence-corrected chi connectivity index (χ3v) is 15.4. The standard InChI is InChI=1S/C39H31N2S.C21H27FSi.Ir/c1-23(2)26-13-9-14-27(24(3)4)36(26)41-35-18-8-7-17-34(35)40-39(41)33-16-10-15-30-32-22-21-29-28-12-6-5-11-25(28)19-20-31(29)37(32)42-38(30)33;1-15-8-10-18(19(22)12-15)16-9-11-20(23(5,6)7)17(13-16)14-21(2,3)4;/h5-15,17-24H,1-4H3;8,11-13H,14H2,1-7H3;/q-1;-2;+3/i;1D3,14D2;. The van der Waals surface area contributed by atoms with Crippen LogP contribution in [-0.2, 0) is 26.5 Å². The largest absolute Gasteiger partial charge is 3.00 e. The van der Waals surface area contributed by atoms with Gasteiger partial charge in [-0.3, -0.25) is 9.37 Å². The van der Waals surface area contributed by atoms with Gasteiger partial charge in [-0.05, 0) is 84.3 Å². The first-order valence-corrected chi connectivity index (χ1v) is 26.9. The van der Waals surface area contributed by atoms with E-state index in [1.165, 1.54) is 64.6 Å². The van der Waals surface area contributed by atoms with Crippen LogP contribution in [0.3, 0.4) is 0 Å². The van der Waals surface area contributed by atoms with E-state index < -0.39 is 32.5 Å². The number of aryl methyl sites for hydroxylation is 1. The zero-order chi connectivity index (χ0) is 50.2. The minimum atomic E-state index is -2.41. The summed E-state index contributed by atoms with van der Waals surface area (Å²) in [6.45, 7) is 18.7. The van der Waals surface area contributed by atoms with Crippen LogP contribution in [0.2, 0.25) is 19.6 Å². The summed E-state index contributed by atoms with van der Waals surface area (Å²) >= 11 is 1.87. The maximum Gasteiger partial charge on any atom is 3.00 e. The number of fused-ring (bicyclic) bond motifs is 8. The van der Waals surface area contributed by atoms with E-state index in [4.69, 9.17) is 11.8 Å². The summed E-state index contributed by atoms with van der Waals surface area (Å²) in [5, 5.41) is 8.68. The van der Waals surface area contributed by atoms with E-state index in [-0.39, 0.29) is 31.2 Å². The van der Waals surface area contributed by atoms with E-state index in [0.717, 1.165) is 33.7 Å². The topological polar surface area (TPSA) is 17.8 Å². The number of aromatic nitrogens is 2. The molecule has 8 aromatic carbocycles. The predicted octanol–water partition coefficient (Wildman–Crippen LogP) is 16.9. The first-order valence-electron chi connectivity index (χ1n) is 25.0. The van der Waals surface area contributed by atoms with Gasteiger partial charge < -0.3 is 4.57 Å². The van der Waals surface area contributed by atoms with Gasteiger partial charge in [-0.2, -0.15) is 47.2 Å². The number of imidazole rings is 1. The summed E-state index contributed by atoms with van der Waals surface area (Å²) in [7, 11) is -1.89. The van der Waals surface area contributed by atoms with Gasteiger partial charge in [-0.1, -0.05) is 165 Å². The Labute approximate surface area is 416 Å². The third kappa shape index (κ3) is 8.98. The van der Waals surface area contributed by atoms with Gasteiger partial charge in [-0.15, -0.1) is 40.6 Å². The summed E-state index contributed by atoms with van der Waals surface area (Å²) < 4.78 is 59.4. The van der Waals surface area contributed by atoms with E-state index in [1.807, 2.05) is 32.1 Å². The molecule has 0 spiro atoms. The molecule has 0 aliphatic heterocycles. The molecule has 10 rings (SSSR count). The Balaban J connectivity index is 0.000000205. The minimum Gasteiger partial charge on any atom is -0.333 e. The van der Waals surface area contributed by atoms with Gasteiger partial charge in [0, 0.05) is 25.3 Å². The number of para-hydroxylation sites is 3. The van der Waals surface area contributed by atoms with Crippen molar-refractivity contribution in [2.45, 2.75) is 93.2 Å². The fraction of sp³-hybridized carbons (Fsp3) is 0.250. The molecular formula is C60H58FIrN2SSi. The average Bonchev–Trinajstić information content (AvgIpc) is 3.89. The number of halogens is 1. The first-order chi connectivity index (χ1) is 33.0. The number of benzene rings is 8.